The van der Waals surface area contributed by atoms with E-state index in [2.05, 4.69) is 9.97 Å². The van der Waals surface area contributed by atoms with Gasteiger partial charge in [-0.2, -0.15) is 0 Å². The fraction of sp³-hybridized carbons (Fsp3) is 0.389. The molecular weight excluding hydrogens is 322 g/mol. The van der Waals surface area contributed by atoms with E-state index < -0.39 is 0 Å². The largest absolute Gasteiger partial charge is 0.486 e. The Balaban J connectivity index is 1.49. The molecule has 0 aliphatic carbocycles. The van der Waals surface area contributed by atoms with E-state index in [1.54, 1.807) is 29.6 Å². The van der Waals surface area contributed by atoms with Crippen molar-refractivity contribution >= 4 is 5.91 Å². The second kappa shape index (κ2) is 6.96. The third kappa shape index (κ3) is 3.35. The highest BCUT2D eigenvalue weighted by molar-refractivity contribution is 5.98. The smallest absolute Gasteiger partial charge is 0.257 e. The van der Waals surface area contributed by atoms with Crippen LogP contribution >= 0.6 is 0 Å². The number of hydrogen-bond acceptors (Lipinski definition) is 6. The maximum atomic E-state index is 13.0. The quantitative estimate of drug-likeness (QED) is 0.849. The van der Waals surface area contributed by atoms with Crippen molar-refractivity contribution in [3.05, 3.63) is 42.4 Å². The molecule has 4 rings (SSSR count). The first-order valence-corrected chi connectivity index (χ1v) is 8.42. The van der Waals surface area contributed by atoms with Crippen LogP contribution < -0.4 is 14.2 Å². The summed E-state index contributed by atoms with van der Waals surface area (Å²) < 4.78 is 17.1. The second-order valence-electron chi connectivity index (χ2n) is 6.01. The van der Waals surface area contributed by atoms with Gasteiger partial charge in [-0.1, -0.05) is 6.07 Å². The number of carbonyl (C=O) groups is 1. The normalized spacial score (nSPS) is 19.4. The van der Waals surface area contributed by atoms with Gasteiger partial charge >= 0.3 is 0 Å². The Hall–Kier alpha value is -2.83. The summed E-state index contributed by atoms with van der Waals surface area (Å²) in [5, 5.41) is 0. The molecule has 0 spiro atoms. The van der Waals surface area contributed by atoms with E-state index in [1.165, 1.54) is 0 Å². The van der Waals surface area contributed by atoms with Crippen LogP contribution in [0.1, 0.15) is 23.2 Å². The van der Waals surface area contributed by atoms with Gasteiger partial charge < -0.3 is 19.1 Å². The lowest BCUT2D eigenvalue weighted by Crippen LogP contribution is -2.44. The van der Waals surface area contributed by atoms with E-state index in [0.717, 1.165) is 12.8 Å². The Morgan fingerprint density at radius 3 is 3.04 bits per heavy atom. The van der Waals surface area contributed by atoms with Crippen molar-refractivity contribution < 1.29 is 19.0 Å². The maximum Gasteiger partial charge on any atom is 0.257 e. The van der Waals surface area contributed by atoms with Crippen LogP contribution in [0.5, 0.6) is 17.4 Å². The van der Waals surface area contributed by atoms with Crippen LogP contribution in [0.25, 0.3) is 0 Å². The lowest BCUT2D eigenvalue weighted by molar-refractivity contribution is 0.0519. The standard InChI is InChI=1S/C18H19N3O4/c22-18(14-4-1-5-15-17(14)24-10-9-23-15)21-8-2-3-13(12-21)25-16-11-19-6-7-20-16/h1,4-7,11,13H,2-3,8-10,12H2/t13-/m0/s1. The molecule has 0 saturated carbocycles. The number of hydrogen-bond donors (Lipinski definition) is 0. The fourth-order valence-corrected chi connectivity index (χ4v) is 3.15. The van der Waals surface area contributed by atoms with Gasteiger partial charge in [-0.25, -0.2) is 4.98 Å². The van der Waals surface area contributed by atoms with Crippen molar-refractivity contribution in [2.75, 3.05) is 26.3 Å². The molecule has 7 nitrogen and oxygen atoms in total. The molecule has 1 fully saturated rings. The monoisotopic (exact) mass is 341 g/mol. The SMILES string of the molecule is O=C(c1cccc2c1OCCO2)N1CCC[C@H](Oc2cnccn2)C1. The maximum absolute atomic E-state index is 13.0. The summed E-state index contributed by atoms with van der Waals surface area (Å²) in [6.45, 7) is 2.17. The van der Waals surface area contributed by atoms with E-state index in [-0.39, 0.29) is 12.0 Å². The number of carbonyl (C=O) groups excluding carboxylic acids is 1. The number of para-hydroxylation sites is 1. The minimum Gasteiger partial charge on any atom is -0.486 e. The summed E-state index contributed by atoms with van der Waals surface area (Å²) in [5.41, 5.74) is 0.539. The van der Waals surface area contributed by atoms with Crippen molar-refractivity contribution in [2.45, 2.75) is 18.9 Å². The van der Waals surface area contributed by atoms with Gasteiger partial charge in [0.1, 0.15) is 19.3 Å². The number of likely N-dealkylation sites (tertiary alicyclic amines) is 1. The van der Waals surface area contributed by atoms with Crippen LogP contribution in [-0.4, -0.2) is 53.2 Å². The van der Waals surface area contributed by atoms with Crippen LogP contribution in [0.15, 0.2) is 36.8 Å². The molecule has 1 aromatic heterocycles. The molecule has 1 saturated heterocycles. The summed E-state index contributed by atoms with van der Waals surface area (Å²) in [4.78, 5) is 22.9. The van der Waals surface area contributed by atoms with Gasteiger partial charge in [0, 0.05) is 18.9 Å². The molecule has 0 N–H and O–H groups in total. The molecule has 2 aromatic rings. The number of rotatable bonds is 3. The summed E-state index contributed by atoms with van der Waals surface area (Å²) in [7, 11) is 0. The lowest BCUT2D eigenvalue weighted by atomic mass is 10.1. The van der Waals surface area contributed by atoms with E-state index >= 15 is 0 Å². The minimum absolute atomic E-state index is 0.0604. The van der Waals surface area contributed by atoms with Gasteiger partial charge in [0.2, 0.25) is 5.88 Å². The molecule has 3 heterocycles. The number of piperidine rings is 1. The predicted molar refractivity (Wildman–Crippen MR) is 89.0 cm³/mol. The molecule has 1 atom stereocenters. The number of aromatic nitrogens is 2. The molecule has 130 valence electrons. The first kappa shape index (κ1) is 15.7. The van der Waals surface area contributed by atoms with Gasteiger partial charge in [-0.05, 0) is 25.0 Å². The van der Waals surface area contributed by atoms with Crippen molar-refractivity contribution in [1.82, 2.24) is 14.9 Å². The van der Waals surface area contributed by atoms with Crippen LogP contribution in [-0.2, 0) is 0 Å². The zero-order chi connectivity index (χ0) is 17.1. The van der Waals surface area contributed by atoms with Gasteiger partial charge in [0.15, 0.2) is 11.5 Å². The number of amides is 1. The molecule has 0 unspecified atom stereocenters. The molecule has 25 heavy (non-hydrogen) atoms. The van der Waals surface area contributed by atoms with E-state index in [0.29, 0.717) is 49.2 Å². The average Bonchev–Trinajstić information content (AvgIpc) is 2.68. The fourth-order valence-electron chi connectivity index (χ4n) is 3.15. The van der Waals surface area contributed by atoms with E-state index in [1.807, 2.05) is 12.1 Å². The van der Waals surface area contributed by atoms with Crippen LogP contribution in [0.4, 0.5) is 0 Å². The van der Waals surface area contributed by atoms with Gasteiger partial charge in [0.05, 0.1) is 18.3 Å². The number of benzene rings is 1. The Labute approximate surface area is 145 Å². The molecule has 1 aromatic carbocycles. The lowest BCUT2D eigenvalue weighted by Gasteiger charge is -2.33. The predicted octanol–water partition coefficient (Wildman–Crippen LogP) is 1.93. The highest BCUT2D eigenvalue weighted by Gasteiger charge is 2.29. The van der Waals surface area contributed by atoms with Crippen LogP contribution in [0, 0.1) is 0 Å². The Morgan fingerprint density at radius 2 is 2.16 bits per heavy atom. The zero-order valence-electron chi connectivity index (χ0n) is 13.8. The molecule has 2 aliphatic heterocycles. The summed E-state index contributed by atoms with van der Waals surface area (Å²) >= 11 is 0. The summed E-state index contributed by atoms with van der Waals surface area (Å²) in [6.07, 6.45) is 6.44. The molecule has 0 bridgehead atoms. The minimum atomic E-state index is -0.0916. The van der Waals surface area contributed by atoms with Gasteiger partial charge in [-0.3, -0.25) is 9.78 Å². The van der Waals surface area contributed by atoms with Gasteiger partial charge in [-0.15, -0.1) is 0 Å². The number of ether oxygens (including phenoxy) is 3. The van der Waals surface area contributed by atoms with Crippen LogP contribution in [0.2, 0.25) is 0 Å². The third-order valence-electron chi connectivity index (χ3n) is 4.29. The summed E-state index contributed by atoms with van der Waals surface area (Å²) in [6, 6.07) is 5.42. The van der Waals surface area contributed by atoms with E-state index in [9.17, 15) is 4.79 Å². The topological polar surface area (TPSA) is 73.8 Å². The van der Waals surface area contributed by atoms with Crippen molar-refractivity contribution in [3.63, 3.8) is 0 Å². The molecule has 0 radical (unpaired) electrons. The second-order valence-corrected chi connectivity index (χ2v) is 6.01. The Bertz CT molecular complexity index is 753. The number of fused-ring (bicyclic) bond motifs is 1. The van der Waals surface area contributed by atoms with Crippen molar-refractivity contribution in [3.8, 4) is 17.4 Å². The van der Waals surface area contributed by atoms with Crippen molar-refractivity contribution in [1.29, 1.82) is 0 Å². The summed E-state index contributed by atoms with van der Waals surface area (Å²) in [5.74, 6) is 1.59. The number of nitrogens with zero attached hydrogens (tertiary/aromatic N) is 3. The Morgan fingerprint density at radius 1 is 1.24 bits per heavy atom. The van der Waals surface area contributed by atoms with Gasteiger partial charge in [0.25, 0.3) is 5.91 Å². The van der Waals surface area contributed by atoms with Crippen molar-refractivity contribution in [2.24, 2.45) is 0 Å². The highest BCUT2D eigenvalue weighted by Crippen LogP contribution is 2.34. The van der Waals surface area contributed by atoms with E-state index in [4.69, 9.17) is 14.2 Å². The highest BCUT2D eigenvalue weighted by atomic mass is 16.6. The molecule has 1 amide bonds. The molecular formula is C18H19N3O4. The first-order valence-electron chi connectivity index (χ1n) is 8.42. The first-order chi connectivity index (χ1) is 12.3. The van der Waals surface area contributed by atoms with Crippen LogP contribution in [0.3, 0.4) is 0 Å². The molecule has 2 aliphatic rings. The zero-order valence-corrected chi connectivity index (χ0v) is 13.8. The average molecular weight is 341 g/mol. The Kier molecular flexibility index (Phi) is 4.37. The molecule has 7 heteroatoms. The third-order valence-corrected chi connectivity index (χ3v) is 4.29.